The second-order valence-corrected chi connectivity index (χ2v) is 6.00. The Balaban J connectivity index is 1.83. The topological polar surface area (TPSA) is 86.1 Å². The minimum atomic E-state index is -0.433. The lowest BCUT2D eigenvalue weighted by molar-refractivity contribution is 0.101. The van der Waals surface area contributed by atoms with Gasteiger partial charge in [-0.15, -0.1) is 0 Å². The van der Waals surface area contributed by atoms with E-state index in [9.17, 15) is 9.59 Å². The quantitative estimate of drug-likeness (QED) is 0.595. The Bertz CT molecular complexity index is 1200. The molecule has 7 nitrogen and oxygen atoms in total. The molecule has 28 heavy (non-hydrogen) atoms. The number of rotatable bonds is 4. The number of carbonyl (C=O) groups is 1. The molecule has 4 rings (SSSR count). The van der Waals surface area contributed by atoms with Gasteiger partial charge in [0.1, 0.15) is 5.75 Å². The van der Waals surface area contributed by atoms with Crippen LogP contribution in [-0.2, 0) is 0 Å². The second kappa shape index (κ2) is 7.32. The van der Waals surface area contributed by atoms with Crippen LogP contribution in [0.5, 0.6) is 5.75 Å². The van der Waals surface area contributed by atoms with E-state index in [1.807, 2.05) is 6.07 Å². The number of methoxy groups -OCH3 is 1. The number of pyridine rings is 1. The SMILES string of the molecule is COc1ccc(C(=O)Nn2c(-c3ccncc3)nc3ccccc3c2=O)cc1. The number of hydrogen-bond acceptors (Lipinski definition) is 5. The molecule has 1 amide bonds. The molecule has 0 atom stereocenters. The summed E-state index contributed by atoms with van der Waals surface area (Å²) >= 11 is 0. The predicted octanol–water partition coefficient (Wildman–Crippen LogP) is 2.85. The van der Waals surface area contributed by atoms with Gasteiger partial charge in [-0.1, -0.05) is 12.1 Å². The molecule has 2 aromatic heterocycles. The van der Waals surface area contributed by atoms with E-state index < -0.39 is 5.91 Å². The highest BCUT2D eigenvalue weighted by Crippen LogP contribution is 2.18. The van der Waals surface area contributed by atoms with E-state index >= 15 is 0 Å². The van der Waals surface area contributed by atoms with Crippen LogP contribution in [0.3, 0.4) is 0 Å². The van der Waals surface area contributed by atoms with Crippen LogP contribution < -0.4 is 15.7 Å². The van der Waals surface area contributed by atoms with Crippen LogP contribution in [0.2, 0.25) is 0 Å². The van der Waals surface area contributed by atoms with Crippen LogP contribution in [0.15, 0.2) is 77.9 Å². The lowest BCUT2D eigenvalue weighted by Gasteiger charge is -2.14. The molecule has 7 heteroatoms. The molecule has 0 unspecified atom stereocenters. The molecule has 0 fully saturated rings. The fourth-order valence-electron chi connectivity index (χ4n) is 2.84. The molecule has 0 saturated carbocycles. The van der Waals surface area contributed by atoms with Gasteiger partial charge in [0.15, 0.2) is 5.82 Å². The van der Waals surface area contributed by atoms with Crippen LogP contribution in [0.1, 0.15) is 10.4 Å². The highest BCUT2D eigenvalue weighted by Gasteiger charge is 2.15. The molecule has 0 aliphatic rings. The Kier molecular flexibility index (Phi) is 4.55. The van der Waals surface area contributed by atoms with Crippen LogP contribution >= 0.6 is 0 Å². The molecule has 0 saturated heterocycles. The van der Waals surface area contributed by atoms with Gasteiger partial charge in [-0.05, 0) is 48.5 Å². The van der Waals surface area contributed by atoms with Gasteiger partial charge in [0.25, 0.3) is 11.5 Å². The van der Waals surface area contributed by atoms with Crippen molar-refractivity contribution >= 4 is 16.8 Å². The largest absolute Gasteiger partial charge is 0.497 e. The van der Waals surface area contributed by atoms with Gasteiger partial charge in [0.05, 0.1) is 18.0 Å². The predicted molar refractivity (Wildman–Crippen MR) is 106 cm³/mol. The number of para-hydroxylation sites is 1. The molecule has 0 bridgehead atoms. The highest BCUT2D eigenvalue weighted by atomic mass is 16.5. The lowest BCUT2D eigenvalue weighted by Crippen LogP contribution is -2.35. The Morgan fingerprint density at radius 2 is 1.71 bits per heavy atom. The zero-order valence-corrected chi connectivity index (χ0v) is 15.0. The molecule has 2 aromatic carbocycles. The van der Waals surface area contributed by atoms with Crippen LogP contribution in [0.25, 0.3) is 22.3 Å². The maximum Gasteiger partial charge on any atom is 0.280 e. The summed E-state index contributed by atoms with van der Waals surface area (Å²) in [5.41, 5.74) is 3.90. The van der Waals surface area contributed by atoms with Crippen molar-refractivity contribution in [2.24, 2.45) is 0 Å². The Morgan fingerprint density at radius 3 is 2.43 bits per heavy atom. The molecule has 0 spiro atoms. The van der Waals surface area contributed by atoms with Gasteiger partial charge < -0.3 is 4.74 Å². The standard InChI is InChI=1S/C21H16N4O3/c1-28-16-8-6-15(7-9-16)20(26)24-25-19(14-10-12-22-13-11-14)23-18-5-3-2-4-17(18)21(25)27/h2-13H,1H3,(H,24,26). The molecule has 2 heterocycles. The molecule has 0 aliphatic carbocycles. The van der Waals surface area contributed by atoms with E-state index in [1.165, 1.54) is 4.68 Å². The zero-order valence-electron chi connectivity index (χ0n) is 15.0. The van der Waals surface area contributed by atoms with Gasteiger partial charge in [0, 0.05) is 23.5 Å². The van der Waals surface area contributed by atoms with E-state index in [0.29, 0.717) is 33.6 Å². The van der Waals surface area contributed by atoms with Crippen LogP contribution in [0.4, 0.5) is 0 Å². The van der Waals surface area contributed by atoms with Crippen molar-refractivity contribution < 1.29 is 9.53 Å². The molecule has 1 N–H and O–H groups in total. The van der Waals surface area contributed by atoms with Gasteiger partial charge in [0.2, 0.25) is 0 Å². The Labute approximate surface area is 160 Å². The average molecular weight is 372 g/mol. The summed E-state index contributed by atoms with van der Waals surface area (Å²) in [6.07, 6.45) is 3.21. The van der Waals surface area contributed by atoms with Crippen molar-refractivity contribution in [2.45, 2.75) is 0 Å². The van der Waals surface area contributed by atoms with Crippen LogP contribution in [0, 0.1) is 0 Å². The van der Waals surface area contributed by atoms with Crippen molar-refractivity contribution in [1.82, 2.24) is 14.6 Å². The fraction of sp³-hybridized carbons (Fsp3) is 0.0476. The summed E-state index contributed by atoms with van der Waals surface area (Å²) in [5.74, 6) is 0.531. The number of nitrogens with one attached hydrogen (secondary N) is 1. The third-order valence-corrected chi connectivity index (χ3v) is 4.28. The molecule has 0 aliphatic heterocycles. The summed E-state index contributed by atoms with van der Waals surface area (Å²) in [6.45, 7) is 0. The zero-order chi connectivity index (χ0) is 19.5. The Hall–Kier alpha value is -4.00. The Morgan fingerprint density at radius 1 is 1.00 bits per heavy atom. The van der Waals surface area contributed by atoms with Crippen LogP contribution in [-0.4, -0.2) is 27.7 Å². The first kappa shape index (κ1) is 17.4. The molecule has 138 valence electrons. The van der Waals surface area contributed by atoms with E-state index in [1.54, 1.807) is 74.1 Å². The highest BCUT2D eigenvalue weighted by molar-refractivity contribution is 6.00. The molecular weight excluding hydrogens is 356 g/mol. The fourth-order valence-corrected chi connectivity index (χ4v) is 2.84. The molecule has 4 aromatic rings. The number of hydrogen-bond donors (Lipinski definition) is 1. The number of carbonyl (C=O) groups excluding carboxylic acids is 1. The number of nitrogens with zero attached hydrogens (tertiary/aromatic N) is 3. The van der Waals surface area contributed by atoms with Gasteiger partial charge in [-0.3, -0.25) is 20.0 Å². The average Bonchev–Trinajstić information content (AvgIpc) is 2.76. The molecular formula is C21H16N4O3. The number of amides is 1. The van der Waals surface area contributed by atoms with Crippen molar-refractivity contribution in [1.29, 1.82) is 0 Å². The van der Waals surface area contributed by atoms with Crippen molar-refractivity contribution in [3.63, 3.8) is 0 Å². The monoisotopic (exact) mass is 372 g/mol. The summed E-state index contributed by atoms with van der Waals surface area (Å²) in [4.78, 5) is 34.4. The third-order valence-electron chi connectivity index (χ3n) is 4.28. The second-order valence-electron chi connectivity index (χ2n) is 6.00. The summed E-state index contributed by atoms with van der Waals surface area (Å²) in [7, 11) is 1.55. The van der Waals surface area contributed by atoms with Gasteiger partial charge in [-0.25, -0.2) is 4.98 Å². The lowest BCUT2D eigenvalue weighted by atomic mass is 10.2. The van der Waals surface area contributed by atoms with Gasteiger partial charge in [-0.2, -0.15) is 4.68 Å². The minimum absolute atomic E-state index is 0.327. The molecule has 0 radical (unpaired) electrons. The van der Waals surface area contributed by atoms with E-state index in [-0.39, 0.29) is 5.56 Å². The third kappa shape index (κ3) is 3.21. The summed E-state index contributed by atoms with van der Waals surface area (Å²) in [6, 6.07) is 17.1. The van der Waals surface area contributed by atoms with Crippen molar-refractivity contribution in [3.8, 4) is 17.1 Å². The number of fused-ring (bicyclic) bond motifs is 1. The van der Waals surface area contributed by atoms with Gasteiger partial charge >= 0.3 is 0 Å². The number of ether oxygens (including phenoxy) is 1. The minimum Gasteiger partial charge on any atom is -0.497 e. The summed E-state index contributed by atoms with van der Waals surface area (Å²) < 4.78 is 6.28. The number of aromatic nitrogens is 3. The summed E-state index contributed by atoms with van der Waals surface area (Å²) in [5, 5.41) is 0.412. The maximum atomic E-state index is 13.1. The van der Waals surface area contributed by atoms with Crippen molar-refractivity contribution in [3.05, 3.63) is 89.0 Å². The van der Waals surface area contributed by atoms with E-state index in [2.05, 4.69) is 15.4 Å². The first-order valence-corrected chi connectivity index (χ1v) is 8.55. The van der Waals surface area contributed by atoms with Crippen molar-refractivity contribution in [2.75, 3.05) is 12.5 Å². The van der Waals surface area contributed by atoms with E-state index in [4.69, 9.17) is 4.74 Å². The number of benzene rings is 2. The normalized spacial score (nSPS) is 10.6. The maximum absolute atomic E-state index is 13.1. The first-order valence-electron chi connectivity index (χ1n) is 8.55. The smallest absolute Gasteiger partial charge is 0.280 e. The first-order chi connectivity index (χ1) is 13.7. The van der Waals surface area contributed by atoms with E-state index in [0.717, 1.165) is 0 Å².